The van der Waals surface area contributed by atoms with Gasteiger partial charge in [-0.2, -0.15) is 0 Å². The molecule has 3 nitrogen and oxygen atoms in total. The van der Waals surface area contributed by atoms with Crippen molar-refractivity contribution in [2.24, 2.45) is 0 Å². The zero-order chi connectivity index (χ0) is 10.7. The van der Waals surface area contributed by atoms with Gasteiger partial charge in [0.15, 0.2) is 0 Å². The highest BCUT2D eigenvalue weighted by Gasteiger charge is 2.16. The molecule has 1 aliphatic carbocycles. The van der Waals surface area contributed by atoms with Crippen LogP contribution in [0, 0.1) is 0 Å². The molecule has 0 saturated heterocycles. The van der Waals surface area contributed by atoms with Gasteiger partial charge in [-0.3, -0.25) is 0 Å². The van der Waals surface area contributed by atoms with E-state index in [1.165, 1.54) is 47.8 Å². The van der Waals surface area contributed by atoms with E-state index in [0.717, 1.165) is 12.6 Å². The Hall–Kier alpha value is -0.480. The Balaban J connectivity index is 1.89. The highest BCUT2D eigenvalue weighted by Crippen LogP contribution is 2.22. The number of hydrogen-bond acceptors (Lipinski definition) is 4. The van der Waals surface area contributed by atoms with E-state index in [2.05, 4.69) is 28.8 Å². The van der Waals surface area contributed by atoms with Crippen molar-refractivity contribution in [3.8, 4) is 0 Å². The lowest BCUT2D eigenvalue weighted by Gasteiger charge is -2.11. The molecule has 0 spiro atoms. The van der Waals surface area contributed by atoms with E-state index in [4.69, 9.17) is 0 Å². The molecule has 0 unspecified atom stereocenters. The summed E-state index contributed by atoms with van der Waals surface area (Å²) in [5.74, 6) is 0.490. The lowest BCUT2D eigenvalue weighted by atomic mass is 10.1. The van der Waals surface area contributed by atoms with Crippen LogP contribution in [0.25, 0.3) is 0 Å². The number of nitrogens with zero attached hydrogens (tertiary/aromatic N) is 2. The number of rotatable bonds is 4. The van der Waals surface area contributed by atoms with Crippen molar-refractivity contribution in [3.05, 3.63) is 10.6 Å². The second-order valence-electron chi connectivity index (χ2n) is 4.60. The largest absolute Gasteiger partial charge is 0.309 e. The first-order chi connectivity index (χ1) is 7.27. The average Bonchev–Trinajstić information content (AvgIpc) is 2.86. The molecule has 0 bridgehead atoms. The summed E-state index contributed by atoms with van der Waals surface area (Å²) in [6.45, 7) is 5.31. The van der Waals surface area contributed by atoms with Crippen molar-refractivity contribution < 1.29 is 0 Å². The average molecular weight is 225 g/mol. The zero-order valence-electron chi connectivity index (χ0n) is 9.49. The Morgan fingerprint density at radius 1 is 1.40 bits per heavy atom. The Morgan fingerprint density at radius 3 is 2.80 bits per heavy atom. The van der Waals surface area contributed by atoms with Crippen molar-refractivity contribution in [3.63, 3.8) is 0 Å². The van der Waals surface area contributed by atoms with Gasteiger partial charge in [0.2, 0.25) is 0 Å². The summed E-state index contributed by atoms with van der Waals surface area (Å²) in [5.41, 5.74) is 1.17. The molecule has 0 aliphatic heterocycles. The van der Waals surface area contributed by atoms with E-state index in [0.29, 0.717) is 5.92 Å². The van der Waals surface area contributed by atoms with Gasteiger partial charge in [0, 0.05) is 12.6 Å². The number of nitrogens with one attached hydrogen (secondary N) is 1. The number of hydrogen-bond donors (Lipinski definition) is 1. The minimum atomic E-state index is 0.490. The minimum Gasteiger partial charge on any atom is -0.309 e. The lowest BCUT2D eigenvalue weighted by molar-refractivity contribution is 0.524. The topological polar surface area (TPSA) is 37.8 Å². The van der Waals surface area contributed by atoms with Gasteiger partial charge in [-0.1, -0.05) is 31.2 Å². The van der Waals surface area contributed by atoms with E-state index < -0.39 is 0 Å². The highest BCUT2D eigenvalue weighted by molar-refractivity contribution is 7.05. The summed E-state index contributed by atoms with van der Waals surface area (Å²) in [4.78, 5) is 1.32. The molecule has 2 rings (SSSR count). The van der Waals surface area contributed by atoms with Crippen LogP contribution in [0.3, 0.4) is 0 Å². The van der Waals surface area contributed by atoms with Crippen molar-refractivity contribution >= 4 is 11.5 Å². The first-order valence-electron chi connectivity index (χ1n) is 5.82. The predicted molar refractivity (Wildman–Crippen MR) is 63.1 cm³/mol. The van der Waals surface area contributed by atoms with E-state index in [1.807, 2.05) is 0 Å². The summed E-state index contributed by atoms with van der Waals surface area (Å²) in [5, 5.41) is 7.80. The maximum Gasteiger partial charge on any atom is 0.0826 e. The third-order valence-electron chi connectivity index (χ3n) is 3.04. The molecule has 0 amide bonds. The standard InChI is InChI=1S/C11H19N3S/c1-8(2)11-10(15-14-13-11)7-12-9-5-3-4-6-9/h8-9,12H,3-7H2,1-2H3. The quantitative estimate of drug-likeness (QED) is 0.856. The molecule has 1 heterocycles. The fraction of sp³-hybridized carbons (Fsp3) is 0.818. The van der Waals surface area contributed by atoms with Crippen molar-refractivity contribution in [2.75, 3.05) is 0 Å². The Bertz CT molecular complexity index is 303. The fourth-order valence-electron chi connectivity index (χ4n) is 2.14. The van der Waals surface area contributed by atoms with Crippen LogP contribution in [-0.4, -0.2) is 15.6 Å². The first kappa shape index (κ1) is 11.0. The molecule has 0 aromatic carbocycles. The molecule has 0 radical (unpaired) electrons. The van der Waals surface area contributed by atoms with Crippen LogP contribution in [0.15, 0.2) is 0 Å². The van der Waals surface area contributed by atoms with Crippen LogP contribution in [0.2, 0.25) is 0 Å². The van der Waals surface area contributed by atoms with Crippen LogP contribution in [0.4, 0.5) is 0 Å². The Labute approximate surface area is 95.4 Å². The maximum atomic E-state index is 4.19. The molecule has 15 heavy (non-hydrogen) atoms. The molecule has 0 atom stereocenters. The van der Waals surface area contributed by atoms with Gasteiger partial charge in [0.25, 0.3) is 0 Å². The number of aromatic nitrogens is 2. The summed E-state index contributed by atoms with van der Waals surface area (Å²) in [7, 11) is 0. The van der Waals surface area contributed by atoms with Crippen molar-refractivity contribution in [1.82, 2.24) is 14.9 Å². The smallest absolute Gasteiger partial charge is 0.0826 e. The van der Waals surface area contributed by atoms with Crippen molar-refractivity contribution in [1.29, 1.82) is 0 Å². The summed E-state index contributed by atoms with van der Waals surface area (Å²) < 4.78 is 4.04. The van der Waals surface area contributed by atoms with E-state index >= 15 is 0 Å². The summed E-state index contributed by atoms with van der Waals surface area (Å²) in [6, 6.07) is 0.729. The molecule has 84 valence electrons. The van der Waals surface area contributed by atoms with Gasteiger partial charge in [0.1, 0.15) is 0 Å². The molecule has 1 N–H and O–H groups in total. The SMILES string of the molecule is CC(C)c1nnsc1CNC1CCCC1. The van der Waals surface area contributed by atoms with Crippen LogP contribution in [0.5, 0.6) is 0 Å². The minimum absolute atomic E-state index is 0.490. The van der Waals surface area contributed by atoms with Gasteiger partial charge in [-0.05, 0) is 30.3 Å². The third kappa shape index (κ3) is 2.75. The predicted octanol–water partition coefficient (Wildman–Crippen LogP) is 2.69. The summed E-state index contributed by atoms with van der Waals surface area (Å²) in [6.07, 6.45) is 5.44. The first-order valence-corrected chi connectivity index (χ1v) is 6.59. The molecule has 1 saturated carbocycles. The van der Waals surface area contributed by atoms with Crippen molar-refractivity contribution in [2.45, 2.75) is 58.0 Å². The summed E-state index contributed by atoms with van der Waals surface area (Å²) >= 11 is 1.54. The van der Waals surface area contributed by atoms with Gasteiger partial charge in [-0.25, -0.2) is 0 Å². The maximum absolute atomic E-state index is 4.19. The van der Waals surface area contributed by atoms with Gasteiger partial charge >= 0.3 is 0 Å². The van der Waals surface area contributed by atoms with E-state index in [-0.39, 0.29) is 0 Å². The molecule has 1 aromatic rings. The molecule has 1 aromatic heterocycles. The highest BCUT2D eigenvalue weighted by atomic mass is 32.1. The van der Waals surface area contributed by atoms with Gasteiger partial charge < -0.3 is 5.32 Å². The van der Waals surface area contributed by atoms with Gasteiger partial charge in [0.05, 0.1) is 10.6 Å². The third-order valence-corrected chi connectivity index (χ3v) is 3.78. The second kappa shape index (κ2) is 5.03. The zero-order valence-corrected chi connectivity index (χ0v) is 10.3. The molecular formula is C11H19N3S. The van der Waals surface area contributed by atoms with Crippen LogP contribution < -0.4 is 5.32 Å². The van der Waals surface area contributed by atoms with Gasteiger partial charge in [-0.15, -0.1) is 5.10 Å². The fourth-order valence-corrected chi connectivity index (χ4v) is 2.89. The van der Waals surface area contributed by atoms with E-state index in [9.17, 15) is 0 Å². The van der Waals surface area contributed by atoms with Crippen LogP contribution >= 0.6 is 11.5 Å². The Kier molecular flexibility index (Phi) is 3.70. The molecule has 1 fully saturated rings. The second-order valence-corrected chi connectivity index (χ2v) is 5.44. The monoisotopic (exact) mass is 225 g/mol. The van der Waals surface area contributed by atoms with E-state index in [1.54, 1.807) is 0 Å². The Morgan fingerprint density at radius 2 is 2.13 bits per heavy atom. The molecule has 1 aliphatic rings. The lowest BCUT2D eigenvalue weighted by Crippen LogP contribution is -2.25. The van der Waals surface area contributed by atoms with Crippen LogP contribution in [0.1, 0.15) is 56.0 Å². The van der Waals surface area contributed by atoms with Crippen LogP contribution in [-0.2, 0) is 6.54 Å². The molecular weight excluding hydrogens is 206 g/mol. The normalized spacial score (nSPS) is 17.8. The molecule has 4 heteroatoms.